The van der Waals surface area contributed by atoms with Crippen LogP contribution < -0.4 is 11.1 Å². The van der Waals surface area contributed by atoms with Gasteiger partial charge in [0.25, 0.3) is 5.89 Å². The predicted molar refractivity (Wildman–Crippen MR) is 107 cm³/mol. The summed E-state index contributed by atoms with van der Waals surface area (Å²) in [7, 11) is 0. The van der Waals surface area contributed by atoms with Crippen molar-refractivity contribution in [3.63, 3.8) is 0 Å². The maximum atomic E-state index is 12.6. The SMILES string of the molecule is CC(C)c1cccc(C(C)C)c1NC(=O)Cn1nc(-c2cccs2)oc1=O. The van der Waals surface area contributed by atoms with Gasteiger partial charge in [0, 0.05) is 5.69 Å². The van der Waals surface area contributed by atoms with Gasteiger partial charge in [0.1, 0.15) is 6.54 Å². The van der Waals surface area contributed by atoms with E-state index in [1.807, 2.05) is 35.7 Å². The number of nitrogens with zero attached hydrogens (tertiary/aromatic N) is 2. The smallest absolute Gasteiger partial charge is 0.387 e. The van der Waals surface area contributed by atoms with E-state index in [-0.39, 0.29) is 30.2 Å². The molecule has 0 atom stereocenters. The molecule has 1 N–H and O–H groups in total. The molecule has 0 bridgehead atoms. The normalized spacial score (nSPS) is 11.3. The number of amides is 1. The van der Waals surface area contributed by atoms with Crippen LogP contribution in [0, 0.1) is 0 Å². The van der Waals surface area contributed by atoms with Crippen LogP contribution in [0.25, 0.3) is 10.8 Å². The molecule has 3 aromatic rings. The van der Waals surface area contributed by atoms with E-state index in [0.717, 1.165) is 26.4 Å². The average molecular weight is 385 g/mol. The van der Waals surface area contributed by atoms with Crippen LogP contribution in [0.4, 0.5) is 5.69 Å². The molecule has 0 radical (unpaired) electrons. The van der Waals surface area contributed by atoms with Gasteiger partial charge in [-0.15, -0.1) is 16.4 Å². The van der Waals surface area contributed by atoms with Crippen molar-refractivity contribution >= 4 is 22.9 Å². The van der Waals surface area contributed by atoms with Crippen LogP contribution in [-0.4, -0.2) is 15.7 Å². The first kappa shape index (κ1) is 19.1. The molecule has 0 aliphatic carbocycles. The van der Waals surface area contributed by atoms with Crippen molar-refractivity contribution in [2.45, 2.75) is 46.1 Å². The molecule has 27 heavy (non-hydrogen) atoms. The lowest BCUT2D eigenvalue weighted by Crippen LogP contribution is -2.26. The molecule has 0 spiro atoms. The highest BCUT2D eigenvalue weighted by molar-refractivity contribution is 7.13. The van der Waals surface area contributed by atoms with Gasteiger partial charge in [0.2, 0.25) is 5.91 Å². The number of hydrogen-bond donors (Lipinski definition) is 1. The van der Waals surface area contributed by atoms with Crippen LogP contribution >= 0.6 is 11.3 Å². The van der Waals surface area contributed by atoms with Crippen molar-refractivity contribution in [3.05, 3.63) is 57.4 Å². The third kappa shape index (κ3) is 4.19. The Labute approximate surface area is 161 Å². The van der Waals surface area contributed by atoms with E-state index in [4.69, 9.17) is 4.42 Å². The minimum Gasteiger partial charge on any atom is -0.387 e. The zero-order chi connectivity index (χ0) is 19.6. The molecule has 7 heteroatoms. The summed E-state index contributed by atoms with van der Waals surface area (Å²) in [5.41, 5.74) is 2.96. The number of para-hydroxylation sites is 1. The molecule has 2 heterocycles. The first-order valence-corrected chi connectivity index (χ1v) is 9.79. The molecule has 0 fully saturated rings. The summed E-state index contributed by atoms with van der Waals surface area (Å²) in [4.78, 5) is 25.4. The Bertz CT molecular complexity index is 958. The molecule has 3 rings (SSSR count). The lowest BCUT2D eigenvalue weighted by molar-refractivity contribution is -0.117. The highest BCUT2D eigenvalue weighted by Gasteiger charge is 2.18. The van der Waals surface area contributed by atoms with Crippen molar-refractivity contribution in [2.24, 2.45) is 0 Å². The van der Waals surface area contributed by atoms with E-state index in [1.165, 1.54) is 11.3 Å². The predicted octanol–water partition coefficient (Wildman–Crippen LogP) is 4.45. The second-order valence-electron chi connectivity index (χ2n) is 6.98. The standard InChI is InChI=1S/C20H23N3O3S/c1-12(2)14-7-5-8-15(13(3)4)18(14)21-17(24)11-23-20(25)26-19(22-23)16-9-6-10-27-16/h5-10,12-13H,11H2,1-4H3,(H,21,24). The van der Waals surface area contributed by atoms with E-state index in [0.29, 0.717) is 0 Å². The molecule has 0 unspecified atom stereocenters. The molecule has 0 aliphatic heterocycles. The first-order valence-electron chi connectivity index (χ1n) is 8.91. The maximum absolute atomic E-state index is 12.6. The number of thiophene rings is 1. The number of rotatable bonds is 6. The summed E-state index contributed by atoms with van der Waals surface area (Å²) in [6.07, 6.45) is 0. The molecule has 6 nitrogen and oxygen atoms in total. The summed E-state index contributed by atoms with van der Waals surface area (Å²) >= 11 is 1.42. The Morgan fingerprint density at radius 2 is 1.81 bits per heavy atom. The Morgan fingerprint density at radius 3 is 2.37 bits per heavy atom. The van der Waals surface area contributed by atoms with E-state index in [9.17, 15) is 9.59 Å². The van der Waals surface area contributed by atoms with E-state index >= 15 is 0 Å². The van der Waals surface area contributed by atoms with Gasteiger partial charge in [-0.3, -0.25) is 4.79 Å². The second-order valence-corrected chi connectivity index (χ2v) is 7.92. The van der Waals surface area contributed by atoms with Crippen LogP contribution in [0.3, 0.4) is 0 Å². The highest BCUT2D eigenvalue weighted by atomic mass is 32.1. The summed E-state index contributed by atoms with van der Waals surface area (Å²) < 4.78 is 6.21. The third-order valence-corrected chi connectivity index (χ3v) is 5.13. The topological polar surface area (TPSA) is 77.1 Å². The number of hydrogen-bond acceptors (Lipinski definition) is 5. The van der Waals surface area contributed by atoms with Crippen molar-refractivity contribution in [2.75, 3.05) is 5.32 Å². The van der Waals surface area contributed by atoms with Crippen LogP contribution in [0.15, 0.2) is 44.9 Å². The van der Waals surface area contributed by atoms with Crippen LogP contribution in [-0.2, 0) is 11.3 Å². The van der Waals surface area contributed by atoms with Gasteiger partial charge in [0.15, 0.2) is 0 Å². The largest absolute Gasteiger partial charge is 0.437 e. The molecule has 0 saturated heterocycles. The maximum Gasteiger partial charge on any atom is 0.437 e. The van der Waals surface area contributed by atoms with Gasteiger partial charge >= 0.3 is 5.76 Å². The third-order valence-electron chi connectivity index (χ3n) is 4.27. The van der Waals surface area contributed by atoms with E-state index in [1.54, 1.807) is 0 Å². The molecular formula is C20H23N3O3S. The molecule has 0 saturated carbocycles. The van der Waals surface area contributed by atoms with Gasteiger partial charge in [-0.05, 0) is 34.4 Å². The molecule has 2 aromatic heterocycles. The number of anilines is 1. The molecule has 142 valence electrons. The Kier molecular flexibility index (Phi) is 5.60. The zero-order valence-electron chi connectivity index (χ0n) is 15.9. The molecular weight excluding hydrogens is 362 g/mol. The Hall–Kier alpha value is -2.67. The number of aromatic nitrogens is 2. The first-order chi connectivity index (χ1) is 12.9. The van der Waals surface area contributed by atoms with E-state index < -0.39 is 5.76 Å². The van der Waals surface area contributed by atoms with Crippen LogP contribution in [0.2, 0.25) is 0 Å². The average Bonchev–Trinajstić information content (AvgIpc) is 3.25. The van der Waals surface area contributed by atoms with Crippen LogP contribution in [0.1, 0.15) is 50.7 Å². The van der Waals surface area contributed by atoms with Gasteiger partial charge < -0.3 is 9.73 Å². The number of nitrogens with one attached hydrogen (secondary N) is 1. The number of carbonyl (C=O) groups excluding carboxylic acids is 1. The van der Waals surface area contributed by atoms with Gasteiger partial charge in [-0.25, -0.2) is 4.79 Å². The van der Waals surface area contributed by atoms with Gasteiger partial charge in [0.05, 0.1) is 4.88 Å². The summed E-state index contributed by atoms with van der Waals surface area (Å²) in [5, 5.41) is 8.99. The minimum atomic E-state index is -0.644. The monoisotopic (exact) mass is 385 g/mol. The van der Waals surface area contributed by atoms with Crippen molar-refractivity contribution < 1.29 is 9.21 Å². The van der Waals surface area contributed by atoms with Crippen molar-refractivity contribution in [1.82, 2.24) is 9.78 Å². The molecule has 0 aliphatic rings. The lowest BCUT2D eigenvalue weighted by Gasteiger charge is -2.20. The lowest BCUT2D eigenvalue weighted by atomic mass is 9.92. The number of carbonyl (C=O) groups is 1. The van der Waals surface area contributed by atoms with Crippen molar-refractivity contribution in [3.8, 4) is 10.8 Å². The van der Waals surface area contributed by atoms with Gasteiger partial charge in [-0.2, -0.15) is 4.68 Å². The van der Waals surface area contributed by atoms with E-state index in [2.05, 4.69) is 38.1 Å². The van der Waals surface area contributed by atoms with Gasteiger partial charge in [-0.1, -0.05) is 52.0 Å². The Balaban J connectivity index is 1.84. The summed E-state index contributed by atoms with van der Waals surface area (Å²) in [6, 6.07) is 9.71. The fourth-order valence-electron chi connectivity index (χ4n) is 2.92. The summed E-state index contributed by atoms with van der Waals surface area (Å²) in [6.45, 7) is 8.15. The number of benzene rings is 1. The molecule has 1 aromatic carbocycles. The quantitative estimate of drug-likeness (QED) is 0.680. The fourth-order valence-corrected chi connectivity index (χ4v) is 3.56. The van der Waals surface area contributed by atoms with Crippen LogP contribution in [0.5, 0.6) is 0 Å². The highest BCUT2D eigenvalue weighted by Crippen LogP contribution is 2.32. The fraction of sp³-hybridized carbons (Fsp3) is 0.350. The summed E-state index contributed by atoms with van der Waals surface area (Å²) in [5.74, 6) is -0.195. The second kappa shape index (κ2) is 7.92. The minimum absolute atomic E-state index is 0.197. The molecule has 1 amide bonds. The zero-order valence-corrected chi connectivity index (χ0v) is 16.7. The Morgan fingerprint density at radius 1 is 1.15 bits per heavy atom. The van der Waals surface area contributed by atoms with Crippen molar-refractivity contribution in [1.29, 1.82) is 0 Å².